The lowest BCUT2D eigenvalue weighted by atomic mass is 9.99. The van der Waals surface area contributed by atoms with Gasteiger partial charge in [0.15, 0.2) is 0 Å². The first-order valence-electron chi connectivity index (χ1n) is 9.21. The van der Waals surface area contributed by atoms with Gasteiger partial charge < -0.3 is 10.2 Å². The van der Waals surface area contributed by atoms with Gasteiger partial charge in [0.1, 0.15) is 10.7 Å². The smallest absolute Gasteiger partial charge is 0.275 e. The zero-order valence-corrected chi connectivity index (χ0v) is 16.1. The Kier molecular flexibility index (Phi) is 5.16. The van der Waals surface area contributed by atoms with Gasteiger partial charge in [-0.2, -0.15) is 0 Å². The lowest BCUT2D eigenvalue weighted by Gasteiger charge is -2.32. The molecule has 1 aliphatic rings. The fourth-order valence-corrected chi connectivity index (χ4v) is 4.03. The summed E-state index contributed by atoms with van der Waals surface area (Å²) >= 11 is 1.46. The van der Waals surface area contributed by atoms with Crippen molar-refractivity contribution < 1.29 is 4.79 Å². The number of benzene rings is 1. The zero-order chi connectivity index (χ0) is 18.6. The molecule has 0 atom stereocenters. The van der Waals surface area contributed by atoms with Gasteiger partial charge in [-0.25, -0.2) is 4.98 Å². The van der Waals surface area contributed by atoms with Crippen LogP contribution in [0.4, 0.5) is 11.4 Å². The van der Waals surface area contributed by atoms with E-state index in [2.05, 4.69) is 39.2 Å². The molecule has 1 fully saturated rings. The van der Waals surface area contributed by atoms with Crippen LogP contribution in [0.1, 0.15) is 30.3 Å². The van der Waals surface area contributed by atoms with Gasteiger partial charge in [-0.3, -0.25) is 9.78 Å². The normalized spacial score (nSPS) is 14.9. The van der Waals surface area contributed by atoms with Gasteiger partial charge in [-0.1, -0.05) is 6.92 Å². The van der Waals surface area contributed by atoms with E-state index in [0.29, 0.717) is 5.69 Å². The Bertz CT molecular complexity index is 899. The first-order chi connectivity index (χ1) is 13.2. The van der Waals surface area contributed by atoms with Crippen molar-refractivity contribution >= 4 is 28.6 Å². The number of pyridine rings is 1. The van der Waals surface area contributed by atoms with E-state index in [9.17, 15) is 4.79 Å². The molecule has 3 aromatic rings. The number of carbonyl (C=O) groups is 1. The summed E-state index contributed by atoms with van der Waals surface area (Å²) in [6.07, 6.45) is 5.92. The molecule has 0 bridgehead atoms. The van der Waals surface area contributed by atoms with E-state index >= 15 is 0 Å². The number of anilines is 2. The third kappa shape index (κ3) is 4.17. The van der Waals surface area contributed by atoms with Crippen LogP contribution in [0.15, 0.2) is 54.2 Å². The van der Waals surface area contributed by atoms with Crippen molar-refractivity contribution in [3.05, 3.63) is 59.9 Å². The van der Waals surface area contributed by atoms with Crippen molar-refractivity contribution in [2.45, 2.75) is 19.8 Å². The molecule has 5 nitrogen and oxygen atoms in total. The molecule has 2 aromatic heterocycles. The second-order valence-corrected chi connectivity index (χ2v) is 7.80. The number of hydrogen-bond acceptors (Lipinski definition) is 5. The molecule has 1 aliphatic heterocycles. The summed E-state index contributed by atoms with van der Waals surface area (Å²) in [6.45, 7) is 4.52. The van der Waals surface area contributed by atoms with Crippen molar-refractivity contribution in [2.24, 2.45) is 5.92 Å². The van der Waals surface area contributed by atoms with Gasteiger partial charge in [0.2, 0.25) is 0 Å². The summed E-state index contributed by atoms with van der Waals surface area (Å²) < 4.78 is 0. The van der Waals surface area contributed by atoms with E-state index in [1.807, 2.05) is 24.3 Å². The van der Waals surface area contributed by atoms with E-state index in [4.69, 9.17) is 0 Å². The van der Waals surface area contributed by atoms with Crippen LogP contribution in [0.2, 0.25) is 0 Å². The number of thiazole rings is 1. The average molecular weight is 379 g/mol. The van der Waals surface area contributed by atoms with Crippen LogP contribution in [-0.4, -0.2) is 29.0 Å². The molecule has 1 aromatic carbocycles. The van der Waals surface area contributed by atoms with E-state index in [1.54, 1.807) is 17.8 Å². The third-order valence-corrected chi connectivity index (χ3v) is 5.83. The maximum Gasteiger partial charge on any atom is 0.275 e. The molecule has 0 spiro atoms. The topological polar surface area (TPSA) is 58.1 Å². The number of hydrogen-bond donors (Lipinski definition) is 1. The highest BCUT2D eigenvalue weighted by molar-refractivity contribution is 7.13. The van der Waals surface area contributed by atoms with E-state index in [0.717, 1.165) is 35.3 Å². The molecular weight excluding hydrogens is 356 g/mol. The fourth-order valence-electron chi connectivity index (χ4n) is 3.22. The Morgan fingerprint density at radius 3 is 2.52 bits per heavy atom. The second-order valence-electron chi connectivity index (χ2n) is 6.94. The van der Waals surface area contributed by atoms with E-state index in [-0.39, 0.29) is 5.91 Å². The number of carbonyl (C=O) groups excluding carboxylic acids is 1. The molecule has 1 saturated heterocycles. The molecule has 6 heteroatoms. The van der Waals surface area contributed by atoms with Gasteiger partial charge in [0, 0.05) is 47.8 Å². The van der Waals surface area contributed by atoms with Crippen LogP contribution in [0.25, 0.3) is 10.6 Å². The highest BCUT2D eigenvalue weighted by atomic mass is 32.1. The highest BCUT2D eigenvalue weighted by Crippen LogP contribution is 2.25. The molecule has 4 rings (SSSR count). The van der Waals surface area contributed by atoms with Crippen LogP contribution in [0.3, 0.4) is 0 Å². The molecule has 0 aliphatic carbocycles. The second kappa shape index (κ2) is 7.88. The zero-order valence-electron chi connectivity index (χ0n) is 15.3. The lowest BCUT2D eigenvalue weighted by molar-refractivity contribution is 0.102. The predicted octanol–water partition coefficient (Wildman–Crippen LogP) is 4.69. The Labute approximate surface area is 163 Å². The Morgan fingerprint density at radius 2 is 1.81 bits per heavy atom. The van der Waals surface area contributed by atoms with Crippen molar-refractivity contribution in [1.82, 2.24) is 9.97 Å². The van der Waals surface area contributed by atoms with Crippen molar-refractivity contribution in [3.8, 4) is 10.6 Å². The predicted molar refractivity (Wildman–Crippen MR) is 110 cm³/mol. The molecule has 3 heterocycles. The Balaban J connectivity index is 1.40. The molecule has 1 amide bonds. The van der Waals surface area contributed by atoms with Gasteiger partial charge >= 0.3 is 0 Å². The largest absolute Gasteiger partial charge is 0.372 e. The van der Waals surface area contributed by atoms with E-state index < -0.39 is 0 Å². The summed E-state index contributed by atoms with van der Waals surface area (Å²) in [5.74, 6) is 0.626. The molecule has 1 N–H and O–H groups in total. The Hall–Kier alpha value is -2.73. The number of piperidine rings is 1. The van der Waals surface area contributed by atoms with E-state index in [1.165, 1.54) is 29.9 Å². The summed E-state index contributed by atoms with van der Waals surface area (Å²) in [5.41, 5.74) is 3.40. The minimum absolute atomic E-state index is 0.189. The van der Waals surface area contributed by atoms with Gasteiger partial charge in [0.25, 0.3) is 5.91 Å². The number of nitrogens with one attached hydrogen (secondary N) is 1. The fraction of sp³-hybridized carbons (Fsp3) is 0.286. The van der Waals surface area contributed by atoms with Crippen molar-refractivity contribution in [3.63, 3.8) is 0 Å². The number of rotatable bonds is 4. The number of aromatic nitrogens is 2. The van der Waals surface area contributed by atoms with Gasteiger partial charge in [-0.15, -0.1) is 11.3 Å². The third-order valence-electron chi connectivity index (χ3n) is 4.94. The summed E-state index contributed by atoms with van der Waals surface area (Å²) in [4.78, 5) is 23.4. The number of amides is 1. The lowest BCUT2D eigenvalue weighted by Crippen LogP contribution is -2.32. The molecule has 138 valence electrons. The minimum Gasteiger partial charge on any atom is -0.372 e. The van der Waals surface area contributed by atoms with Crippen LogP contribution in [-0.2, 0) is 0 Å². The minimum atomic E-state index is -0.189. The summed E-state index contributed by atoms with van der Waals surface area (Å²) in [6, 6.07) is 11.9. The summed E-state index contributed by atoms with van der Waals surface area (Å²) in [5, 5.41) is 5.54. The van der Waals surface area contributed by atoms with Crippen molar-refractivity contribution in [1.29, 1.82) is 0 Å². The average Bonchev–Trinajstić information content (AvgIpc) is 3.20. The number of nitrogens with zero attached hydrogens (tertiary/aromatic N) is 3. The quantitative estimate of drug-likeness (QED) is 0.715. The summed E-state index contributed by atoms with van der Waals surface area (Å²) in [7, 11) is 0. The van der Waals surface area contributed by atoms with Crippen LogP contribution in [0, 0.1) is 5.92 Å². The SMILES string of the molecule is CC1CCN(c2ccc(NC(=O)c3csc(-c4ccncc4)n3)cc2)CC1. The highest BCUT2D eigenvalue weighted by Gasteiger charge is 2.16. The standard InChI is InChI=1S/C21H22N4OS/c1-15-8-12-25(13-9-15)18-4-2-17(3-5-18)23-20(26)19-14-27-21(24-19)16-6-10-22-11-7-16/h2-7,10-11,14-15H,8-9,12-13H2,1H3,(H,23,26). The maximum atomic E-state index is 12.5. The molecule has 0 saturated carbocycles. The van der Waals surface area contributed by atoms with Crippen LogP contribution in [0.5, 0.6) is 0 Å². The maximum absolute atomic E-state index is 12.5. The molecule has 0 unspecified atom stereocenters. The molecular formula is C21H22N4OS. The van der Waals surface area contributed by atoms with Gasteiger partial charge in [0.05, 0.1) is 0 Å². The van der Waals surface area contributed by atoms with Crippen molar-refractivity contribution in [2.75, 3.05) is 23.3 Å². The van der Waals surface area contributed by atoms with Crippen LogP contribution < -0.4 is 10.2 Å². The first-order valence-corrected chi connectivity index (χ1v) is 10.1. The molecule has 27 heavy (non-hydrogen) atoms. The first kappa shape index (κ1) is 17.7. The monoisotopic (exact) mass is 378 g/mol. The van der Waals surface area contributed by atoms with Gasteiger partial charge in [-0.05, 0) is 55.2 Å². The van der Waals surface area contributed by atoms with Crippen LogP contribution >= 0.6 is 11.3 Å². The Morgan fingerprint density at radius 1 is 1.11 bits per heavy atom. The molecule has 0 radical (unpaired) electrons.